The molecule has 172 valence electrons. The Morgan fingerprint density at radius 3 is 2.41 bits per heavy atom. The second-order valence-corrected chi connectivity index (χ2v) is 7.22. The number of amides is 1. The van der Waals surface area contributed by atoms with Crippen molar-refractivity contribution in [3.8, 4) is 11.5 Å². The minimum atomic E-state index is -1.04. The largest absolute Gasteiger partial charge is 0.497 e. The Labute approximate surface area is 195 Å². The molecule has 0 saturated heterocycles. The third-order valence-corrected chi connectivity index (χ3v) is 4.98. The standard InChI is InChI=1S/C26H22N2O6/c1-3-33-22-6-4-5-17-15-21(24(29)27-18-11-13-20(32-2)14-12-18)25(34-23(17)22)28-19-9-7-16(8-10-19)26(30)31/h4-15H,3H2,1-2H3,(H,27,29)(H,30,31). The van der Waals surface area contributed by atoms with Crippen LogP contribution in [-0.4, -0.2) is 30.7 Å². The van der Waals surface area contributed by atoms with Crippen LogP contribution in [0.5, 0.6) is 11.5 Å². The maximum atomic E-state index is 13.2. The molecule has 4 rings (SSSR count). The summed E-state index contributed by atoms with van der Waals surface area (Å²) < 4.78 is 16.9. The summed E-state index contributed by atoms with van der Waals surface area (Å²) in [5.74, 6) is -0.260. The maximum Gasteiger partial charge on any atom is 0.335 e. The zero-order valence-corrected chi connectivity index (χ0v) is 18.6. The van der Waals surface area contributed by atoms with Crippen molar-refractivity contribution in [2.75, 3.05) is 19.0 Å². The van der Waals surface area contributed by atoms with Crippen molar-refractivity contribution >= 4 is 34.2 Å². The fourth-order valence-electron chi connectivity index (χ4n) is 3.31. The topological polar surface area (TPSA) is 110 Å². The van der Waals surface area contributed by atoms with Gasteiger partial charge in [0.1, 0.15) is 11.3 Å². The molecule has 0 bridgehead atoms. The molecule has 3 aromatic carbocycles. The van der Waals surface area contributed by atoms with Crippen molar-refractivity contribution in [1.82, 2.24) is 0 Å². The number of carboxylic acids is 1. The number of hydrogen-bond acceptors (Lipinski definition) is 6. The fourth-order valence-corrected chi connectivity index (χ4v) is 3.31. The summed E-state index contributed by atoms with van der Waals surface area (Å²) in [6, 6.07) is 20.0. The summed E-state index contributed by atoms with van der Waals surface area (Å²) in [5, 5.41) is 12.6. The SMILES string of the molecule is CCOc1cccc2cc(C(=O)Nc3ccc(OC)cc3)c(=Nc3ccc(C(=O)O)cc3)oc12. The van der Waals surface area contributed by atoms with Gasteiger partial charge in [0.15, 0.2) is 11.3 Å². The van der Waals surface area contributed by atoms with Gasteiger partial charge in [0.2, 0.25) is 5.55 Å². The lowest BCUT2D eigenvalue weighted by molar-refractivity contribution is 0.0696. The van der Waals surface area contributed by atoms with Crippen LogP contribution in [0, 0.1) is 0 Å². The Hall–Kier alpha value is -4.59. The van der Waals surface area contributed by atoms with Gasteiger partial charge in [-0.25, -0.2) is 9.79 Å². The summed E-state index contributed by atoms with van der Waals surface area (Å²) >= 11 is 0. The number of carbonyl (C=O) groups is 2. The first-order chi connectivity index (χ1) is 16.5. The van der Waals surface area contributed by atoms with E-state index in [1.54, 1.807) is 55.6 Å². The average Bonchev–Trinajstić information content (AvgIpc) is 2.85. The van der Waals surface area contributed by atoms with Crippen molar-refractivity contribution in [1.29, 1.82) is 0 Å². The zero-order chi connectivity index (χ0) is 24.1. The third kappa shape index (κ3) is 4.91. The highest BCUT2D eigenvalue weighted by atomic mass is 16.5. The second-order valence-electron chi connectivity index (χ2n) is 7.22. The van der Waals surface area contributed by atoms with Crippen LogP contribution in [0.25, 0.3) is 11.0 Å². The van der Waals surface area contributed by atoms with Gasteiger partial charge in [0.25, 0.3) is 5.91 Å². The van der Waals surface area contributed by atoms with E-state index < -0.39 is 11.9 Å². The van der Waals surface area contributed by atoms with Crippen molar-refractivity contribution < 1.29 is 28.6 Å². The van der Waals surface area contributed by atoms with Crippen LogP contribution < -0.4 is 20.3 Å². The zero-order valence-electron chi connectivity index (χ0n) is 18.6. The minimum absolute atomic E-state index is 0.0636. The predicted octanol–water partition coefficient (Wildman–Crippen LogP) is 5.02. The van der Waals surface area contributed by atoms with E-state index in [1.165, 1.54) is 12.1 Å². The lowest BCUT2D eigenvalue weighted by atomic mass is 10.1. The van der Waals surface area contributed by atoms with Crippen molar-refractivity contribution in [2.45, 2.75) is 6.92 Å². The quantitative estimate of drug-likeness (QED) is 0.402. The highest BCUT2D eigenvalue weighted by Crippen LogP contribution is 2.26. The number of nitrogens with one attached hydrogen (secondary N) is 1. The minimum Gasteiger partial charge on any atom is -0.497 e. The van der Waals surface area contributed by atoms with Crippen molar-refractivity contribution in [3.63, 3.8) is 0 Å². The Balaban J connectivity index is 1.82. The molecule has 0 saturated carbocycles. The number of nitrogens with zero attached hydrogens (tertiary/aromatic N) is 1. The van der Waals surface area contributed by atoms with Crippen LogP contribution in [-0.2, 0) is 0 Å². The molecule has 34 heavy (non-hydrogen) atoms. The van der Waals surface area contributed by atoms with Crippen LogP contribution in [0.4, 0.5) is 11.4 Å². The van der Waals surface area contributed by atoms with Crippen LogP contribution in [0.2, 0.25) is 0 Å². The van der Waals surface area contributed by atoms with Gasteiger partial charge in [-0.1, -0.05) is 12.1 Å². The smallest absolute Gasteiger partial charge is 0.335 e. The van der Waals surface area contributed by atoms with Crippen LogP contribution >= 0.6 is 0 Å². The highest BCUT2D eigenvalue weighted by Gasteiger charge is 2.15. The number of aromatic carboxylic acids is 1. The monoisotopic (exact) mass is 458 g/mol. The molecule has 0 spiro atoms. The lowest BCUT2D eigenvalue weighted by Crippen LogP contribution is -2.21. The summed E-state index contributed by atoms with van der Waals surface area (Å²) in [6.45, 7) is 2.31. The molecule has 8 nitrogen and oxygen atoms in total. The molecule has 0 atom stereocenters. The number of para-hydroxylation sites is 1. The summed E-state index contributed by atoms with van der Waals surface area (Å²) in [5.41, 5.74) is 1.86. The first kappa shape index (κ1) is 22.6. The number of benzene rings is 3. The molecular weight excluding hydrogens is 436 g/mol. The molecule has 0 aliphatic carbocycles. The molecule has 0 aliphatic heterocycles. The lowest BCUT2D eigenvalue weighted by Gasteiger charge is -2.10. The molecule has 1 amide bonds. The molecule has 1 aromatic heterocycles. The van der Waals surface area contributed by atoms with Gasteiger partial charge in [0, 0.05) is 11.1 Å². The van der Waals surface area contributed by atoms with Gasteiger partial charge in [-0.3, -0.25) is 4.79 Å². The van der Waals surface area contributed by atoms with E-state index in [4.69, 9.17) is 19.0 Å². The van der Waals surface area contributed by atoms with E-state index in [2.05, 4.69) is 10.3 Å². The van der Waals surface area contributed by atoms with E-state index in [9.17, 15) is 9.59 Å². The van der Waals surface area contributed by atoms with Crippen molar-refractivity contribution in [2.24, 2.45) is 4.99 Å². The van der Waals surface area contributed by atoms with Crippen molar-refractivity contribution in [3.05, 3.63) is 89.5 Å². The summed E-state index contributed by atoms with van der Waals surface area (Å²) in [4.78, 5) is 28.8. The molecule has 0 radical (unpaired) electrons. The molecule has 1 heterocycles. The number of anilines is 1. The van der Waals surface area contributed by atoms with Gasteiger partial charge < -0.3 is 24.3 Å². The van der Waals surface area contributed by atoms with Crippen LogP contribution in [0.15, 0.2) is 82.2 Å². The Bertz CT molecular complexity index is 1410. The van der Waals surface area contributed by atoms with E-state index in [-0.39, 0.29) is 16.7 Å². The fraction of sp³-hybridized carbons (Fsp3) is 0.115. The van der Waals surface area contributed by atoms with E-state index in [0.29, 0.717) is 40.4 Å². The van der Waals surface area contributed by atoms with Crippen LogP contribution in [0.3, 0.4) is 0 Å². The molecule has 0 aliphatic rings. The second kappa shape index (κ2) is 9.91. The predicted molar refractivity (Wildman–Crippen MR) is 127 cm³/mol. The van der Waals surface area contributed by atoms with Gasteiger partial charge in [-0.2, -0.15) is 0 Å². The number of hydrogen-bond donors (Lipinski definition) is 2. The number of ether oxygens (including phenoxy) is 2. The third-order valence-electron chi connectivity index (χ3n) is 4.98. The normalized spacial score (nSPS) is 11.3. The average molecular weight is 458 g/mol. The van der Waals surface area contributed by atoms with Gasteiger partial charge >= 0.3 is 5.97 Å². The molecule has 0 unspecified atom stereocenters. The number of methoxy groups -OCH3 is 1. The summed E-state index contributed by atoms with van der Waals surface area (Å²) in [6.07, 6.45) is 0. The molecule has 4 aromatic rings. The number of carboxylic acid groups (broad SMARTS) is 1. The Kier molecular flexibility index (Phi) is 6.59. The first-order valence-electron chi connectivity index (χ1n) is 10.5. The van der Waals surface area contributed by atoms with E-state index >= 15 is 0 Å². The molecule has 0 fully saturated rings. The van der Waals surface area contributed by atoms with Gasteiger partial charge in [-0.05, 0) is 67.6 Å². The maximum absolute atomic E-state index is 13.2. The van der Waals surface area contributed by atoms with Gasteiger partial charge in [-0.15, -0.1) is 0 Å². The number of carbonyl (C=O) groups excluding carboxylic acids is 1. The summed E-state index contributed by atoms with van der Waals surface area (Å²) in [7, 11) is 1.57. The Morgan fingerprint density at radius 1 is 1.03 bits per heavy atom. The number of fused-ring (bicyclic) bond motifs is 1. The molecular formula is C26H22N2O6. The first-order valence-corrected chi connectivity index (χ1v) is 10.5. The van der Waals surface area contributed by atoms with E-state index in [1.807, 2.05) is 19.1 Å². The highest BCUT2D eigenvalue weighted by molar-refractivity contribution is 6.05. The van der Waals surface area contributed by atoms with E-state index in [0.717, 1.165) is 0 Å². The molecule has 8 heteroatoms. The number of rotatable bonds is 7. The Morgan fingerprint density at radius 2 is 1.76 bits per heavy atom. The van der Waals surface area contributed by atoms with Gasteiger partial charge in [0.05, 0.1) is 25.0 Å². The van der Waals surface area contributed by atoms with Crippen LogP contribution in [0.1, 0.15) is 27.6 Å². The molecule has 2 N–H and O–H groups in total.